The highest BCUT2D eigenvalue weighted by atomic mass is 32.1. The molecule has 0 aliphatic rings. The summed E-state index contributed by atoms with van der Waals surface area (Å²) in [5.74, 6) is 0.517. The normalized spacial score (nSPS) is 11.4. The number of nitrogens with zero attached hydrogens (tertiary/aromatic N) is 5. The SMILES string of the molecule is CCc1nn(C)c2c1nc(N)n2Cc1nccs1. The molecule has 0 aliphatic heterocycles. The fourth-order valence-electron chi connectivity index (χ4n) is 2.12. The molecule has 0 radical (unpaired) electrons. The van der Waals surface area contributed by atoms with Gasteiger partial charge < -0.3 is 5.73 Å². The molecule has 0 saturated carbocycles. The Morgan fingerprint density at radius 3 is 2.94 bits per heavy atom. The van der Waals surface area contributed by atoms with E-state index in [0.717, 1.165) is 28.3 Å². The molecule has 6 nitrogen and oxygen atoms in total. The summed E-state index contributed by atoms with van der Waals surface area (Å²) in [6.07, 6.45) is 2.65. The molecular formula is C11H14N6S. The molecule has 0 atom stereocenters. The first kappa shape index (κ1) is 11.2. The summed E-state index contributed by atoms with van der Waals surface area (Å²) in [6, 6.07) is 0. The molecule has 0 bridgehead atoms. The van der Waals surface area contributed by atoms with Crippen molar-refractivity contribution in [2.75, 3.05) is 5.73 Å². The van der Waals surface area contributed by atoms with E-state index in [2.05, 4.69) is 22.0 Å². The minimum absolute atomic E-state index is 0.517. The van der Waals surface area contributed by atoms with Gasteiger partial charge in [0.05, 0.1) is 12.2 Å². The third-order valence-corrected chi connectivity index (χ3v) is 3.70. The van der Waals surface area contributed by atoms with Gasteiger partial charge in [0.2, 0.25) is 5.95 Å². The van der Waals surface area contributed by atoms with Crippen LogP contribution in [0.1, 0.15) is 17.6 Å². The van der Waals surface area contributed by atoms with Gasteiger partial charge in [0, 0.05) is 18.6 Å². The van der Waals surface area contributed by atoms with E-state index in [-0.39, 0.29) is 0 Å². The highest BCUT2D eigenvalue weighted by Crippen LogP contribution is 2.22. The van der Waals surface area contributed by atoms with Gasteiger partial charge in [-0.05, 0) is 6.42 Å². The van der Waals surface area contributed by atoms with Crippen molar-refractivity contribution in [2.24, 2.45) is 7.05 Å². The van der Waals surface area contributed by atoms with Crippen LogP contribution >= 0.6 is 11.3 Å². The molecule has 3 rings (SSSR count). The molecule has 0 fully saturated rings. The summed E-state index contributed by atoms with van der Waals surface area (Å²) in [5, 5.41) is 7.43. The second kappa shape index (κ2) is 4.09. The minimum Gasteiger partial charge on any atom is -0.369 e. The zero-order valence-electron chi connectivity index (χ0n) is 10.3. The minimum atomic E-state index is 0.517. The van der Waals surface area contributed by atoms with Crippen LogP contribution in [-0.2, 0) is 20.0 Å². The topological polar surface area (TPSA) is 74.6 Å². The fraction of sp³-hybridized carbons (Fsp3) is 0.364. The Hall–Kier alpha value is -1.89. The molecule has 0 spiro atoms. The van der Waals surface area contributed by atoms with Crippen molar-refractivity contribution in [1.82, 2.24) is 24.3 Å². The molecule has 0 amide bonds. The molecule has 3 aromatic rings. The van der Waals surface area contributed by atoms with Gasteiger partial charge in [-0.25, -0.2) is 9.97 Å². The van der Waals surface area contributed by atoms with E-state index in [1.54, 1.807) is 17.5 Å². The first-order valence-corrected chi connectivity index (χ1v) is 6.64. The summed E-state index contributed by atoms with van der Waals surface area (Å²) in [4.78, 5) is 8.70. The Morgan fingerprint density at radius 1 is 1.44 bits per heavy atom. The van der Waals surface area contributed by atoms with Crippen LogP contribution in [0.5, 0.6) is 0 Å². The number of anilines is 1. The zero-order chi connectivity index (χ0) is 12.7. The van der Waals surface area contributed by atoms with Gasteiger partial charge >= 0.3 is 0 Å². The van der Waals surface area contributed by atoms with Crippen LogP contribution in [0.15, 0.2) is 11.6 Å². The van der Waals surface area contributed by atoms with E-state index < -0.39 is 0 Å². The molecular weight excluding hydrogens is 248 g/mol. The van der Waals surface area contributed by atoms with Crippen molar-refractivity contribution in [1.29, 1.82) is 0 Å². The molecule has 2 N–H and O–H groups in total. The number of nitrogens with two attached hydrogens (primary N) is 1. The molecule has 94 valence electrons. The van der Waals surface area contributed by atoms with Crippen LogP contribution in [0.4, 0.5) is 5.95 Å². The van der Waals surface area contributed by atoms with E-state index in [1.165, 1.54) is 0 Å². The van der Waals surface area contributed by atoms with Crippen LogP contribution in [0.3, 0.4) is 0 Å². The second-order valence-corrected chi connectivity index (χ2v) is 5.06. The number of nitrogen functional groups attached to an aromatic ring is 1. The van der Waals surface area contributed by atoms with Crippen LogP contribution < -0.4 is 5.73 Å². The van der Waals surface area contributed by atoms with E-state index in [1.807, 2.05) is 21.7 Å². The van der Waals surface area contributed by atoms with Crippen LogP contribution in [0.2, 0.25) is 0 Å². The molecule has 3 heterocycles. The summed E-state index contributed by atoms with van der Waals surface area (Å²) in [7, 11) is 1.92. The maximum absolute atomic E-state index is 5.99. The van der Waals surface area contributed by atoms with Crippen molar-refractivity contribution in [2.45, 2.75) is 19.9 Å². The largest absolute Gasteiger partial charge is 0.369 e. The van der Waals surface area contributed by atoms with Crippen LogP contribution in [0, 0.1) is 0 Å². The fourth-order valence-corrected chi connectivity index (χ4v) is 2.72. The number of hydrogen-bond donors (Lipinski definition) is 1. The predicted molar refractivity (Wildman–Crippen MR) is 71.5 cm³/mol. The molecule has 0 saturated heterocycles. The Labute approximate surface area is 108 Å². The quantitative estimate of drug-likeness (QED) is 0.774. The third kappa shape index (κ3) is 1.59. The first-order chi connectivity index (χ1) is 8.70. The van der Waals surface area contributed by atoms with E-state index >= 15 is 0 Å². The first-order valence-electron chi connectivity index (χ1n) is 5.76. The average Bonchev–Trinajstić information content (AvgIpc) is 3.01. The highest BCUT2D eigenvalue weighted by Gasteiger charge is 2.17. The summed E-state index contributed by atoms with van der Waals surface area (Å²) >= 11 is 1.61. The Balaban J connectivity index is 2.16. The van der Waals surface area contributed by atoms with Crippen LogP contribution in [0.25, 0.3) is 11.2 Å². The van der Waals surface area contributed by atoms with E-state index in [4.69, 9.17) is 5.73 Å². The lowest BCUT2D eigenvalue weighted by Crippen LogP contribution is -2.07. The monoisotopic (exact) mass is 262 g/mol. The number of hydrogen-bond acceptors (Lipinski definition) is 5. The summed E-state index contributed by atoms with van der Waals surface area (Å²) in [5.41, 5.74) is 8.83. The Morgan fingerprint density at radius 2 is 2.28 bits per heavy atom. The number of aromatic nitrogens is 5. The van der Waals surface area contributed by atoms with Gasteiger partial charge in [-0.15, -0.1) is 11.3 Å². The van der Waals surface area contributed by atoms with E-state index in [0.29, 0.717) is 12.5 Å². The van der Waals surface area contributed by atoms with Gasteiger partial charge in [-0.1, -0.05) is 6.92 Å². The molecule has 3 aromatic heterocycles. The molecule has 0 unspecified atom stereocenters. The number of thiazole rings is 1. The van der Waals surface area contributed by atoms with Crippen molar-refractivity contribution in [3.8, 4) is 0 Å². The van der Waals surface area contributed by atoms with Gasteiger partial charge in [-0.2, -0.15) is 5.10 Å². The molecule has 0 aromatic carbocycles. The average molecular weight is 262 g/mol. The maximum Gasteiger partial charge on any atom is 0.202 e. The molecule has 7 heteroatoms. The zero-order valence-corrected chi connectivity index (χ0v) is 11.1. The van der Waals surface area contributed by atoms with Crippen LogP contribution in [-0.4, -0.2) is 24.3 Å². The lowest BCUT2D eigenvalue weighted by atomic mass is 10.3. The Bertz CT molecular complexity index is 678. The number of fused-ring (bicyclic) bond motifs is 1. The number of imidazole rings is 1. The van der Waals surface area contributed by atoms with Gasteiger partial charge in [0.25, 0.3) is 0 Å². The second-order valence-electron chi connectivity index (χ2n) is 4.08. The summed E-state index contributed by atoms with van der Waals surface area (Å²) < 4.78 is 3.80. The van der Waals surface area contributed by atoms with Crippen molar-refractivity contribution < 1.29 is 0 Å². The smallest absolute Gasteiger partial charge is 0.202 e. The standard InChI is InChI=1S/C11H14N6S/c1-3-7-9-10(16(2)15-7)17(11(12)14-9)6-8-13-4-5-18-8/h4-5H,3,6H2,1-2H3,(H2,12,14). The van der Waals surface area contributed by atoms with Gasteiger partial charge in [0.1, 0.15) is 10.5 Å². The lowest BCUT2D eigenvalue weighted by molar-refractivity contribution is 0.718. The molecule has 18 heavy (non-hydrogen) atoms. The van der Waals surface area contributed by atoms with Gasteiger partial charge in [0.15, 0.2) is 5.65 Å². The predicted octanol–water partition coefficient (Wildman–Crippen LogP) is 1.42. The maximum atomic E-state index is 5.99. The van der Waals surface area contributed by atoms with Crippen molar-refractivity contribution >= 4 is 28.4 Å². The van der Waals surface area contributed by atoms with Crippen molar-refractivity contribution in [3.05, 3.63) is 22.3 Å². The Kier molecular flexibility index (Phi) is 2.55. The third-order valence-electron chi connectivity index (χ3n) is 2.93. The van der Waals surface area contributed by atoms with E-state index in [9.17, 15) is 0 Å². The number of rotatable bonds is 3. The lowest BCUT2D eigenvalue weighted by Gasteiger charge is -2.04. The number of aryl methyl sites for hydroxylation is 2. The summed E-state index contributed by atoms with van der Waals surface area (Å²) in [6.45, 7) is 2.71. The van der Waals surface area contributed by atoms with Gasteiger partial charge in [-0.3, -0.25) is 9.25 Å². The molecule has 0 aliphatic carbocycles. The highest BCUT2D eigenvalue weighted by molar-refractivity contribution is 7.09. The van der Waals surface area contributed by atoms with Crippen molar-refractivity contribution in [3.63, 3.8) is 0 Å².